The van der Waals surface area contributed by atoms with Crippen molar-refractivity contribution in [1.82, 2.24) is 0 Å². The summed E-state index contributed by atoms with van der Waals surface area (Å²) in [4.78, 5) is 0. The molecule has 0 saturated heterocycles. The van der Waals surface area contributed by atoms with Crippen molar-refractivity contribution < 1.29 is 9.13 Å². The molecule has 0 rings (SSSR count). The van der Waals surface area contributed by atoms with Crippen LogP contribution in [0.1, 0.15) is 0 Å². The fraction of sp³-hybridized carbons (Fsp3) is 0.333. The fourth-order valence-electron chi connectivity index (χ4n) is 0. The zero-order chi connectivity index (χ0) is 4.28. The zero-order valence-electron chi connectivity index (χ0n) is 2.99. The number of halogens is 1. The smallest absolute Gasteiger partial charge is 0.265 e. The van der Waals surface area contributed by atoms with Crippen LogP contribution >= 0.6 is 0 Å². The summed E-state index contributed by atoms with van der Waals surface area (Å²) >= 11 is 0. The minimum Gasteiger partial charge on any atom is -0.475 e. The van der Waals surface area contributed by atoms with Crippen molar-refractivity contribution in [3.8, 4) is 0 Å². The third kappa shape index (κ3) is 3.47. The summed E-state index contributed by atoms with van der Waals surface area (Å²) in [5, 5.41) is 0. The molecule has 0 fully saturated rings. The van der Waals surface area contributed by atoms with E-state index in [2.05, 4.69) is 11.3 Å². The Kier molecular flexibility index (Phi) is 1.57. The SMILES string of the molecule is C=C(F)OC. The summed E-state index contributed by atoms with van der Waals surface area (Å²) in [5.41, 5.74) is 0. The van der Waals surface area contributed by atoms with Gasteiger partial charge in [0.05, 0.1) is 7.11 Å². The molecule has 0 aromatic carbocycles. The van der Waals surface area contributed by atoms with Crippen LogP contribution in [0.3, 0.4) is 0 Å². The Bertz CT molecular complexity index is 42.2. The van der Waals surface area contributed by atoms with E-state index in [4.69, 9.17) is 0 Å². The van der Waals surface area contributed by atoms with Gasteiger partial charge in [0.25, 0.3) is 6.01 Å². The standard InChI is InChI=1S/C3H5FO/c1-3(4)5-2/h1H2,2H3. The normalized spacial score (nSPS) is 6.80. The molecule has 0 amide bonds. The summed E-state index contributed by atoms with van der Waals surface area (Å²) in [6.45, 7) is 2.78. The van der Waals surface area contributed by atoms with Gasteiger partial charge in [-0.1, -0.05) is 0 Å². The molecule has 0 aliphatic heterocycles. The van der Waals surface area contributed by atoms with Gasteiger partial charge in [-0.15, -0.1) is 0 Å². The third-order valence-corrected chi connectivity index (χ3v) is 0.221. The molecule has 0 spiro atoms. The van der Waals surface area contributed by atoms with Crippen LogP contribution in [0.5, 0.6) is 0 Å². The Morgan fingerprint density at radius 1 is 2.00 bits per heavy atom. The molecule has 0 atom stereocenters. The highest BCUT2D eigenvalue weighted by molar-refractivity contribution is 4.60. The first-order chi connectivity index (χ1) is 2.27. The van der Waals surface area contributed by atoms with Crippen molar-refractivity contribution in [3.63, 3.8) is 0 Å². The zero-order valence-corrected chi connectivity index (χ0v) is 2.99. The molecule has 0 aromatic rings. The van der Waals surface area contributed by atoms with E-state index in [9.17, 15) is 4.39 Å². The lowest BCUT2D eigenvalue weighted by Gasteiger charge is -1.82. The molecule has 1 nitrogen and oxygen atoms in total. The predicted molar refractivity (Wildman–Crippen MR) is 17.3 cm³/mol. The van der Waals surface area contributed by atoms with Crippen LogP contribution in [0.15, 0.2) is 12.6 Å². The average molecular weight is 76.1 g/mol. The van der Waals surface area contributed by atoms with Crippen molar-refractivity contribution in [2.75, 3.05) is 7.11 Å². The summed E-state index contributed by atoms with van der Waals surface area (Å²) in [6.07, 6.45) is 0. The van der Waals surface area contributed by atoms with Crippen molar-refractivity contribution in [3.05, 3.63) is 12.6 Å². The molecule has 0 aliphatic rings. The van der Waals surface area contributed by atoms with Gasteiger partial charge in [-0.3, -0.25) is 0 Å². The minimum atomic E-state index is -0.745. The number of methoxy groups -OCH3 is 1. The third-order valence-electron chi connectivity index (χ3n) is 0.221. The van der Waals surface area contributed by atoms with Crippen LogP contribution in [0.4, 0.5) is 4.39 Å². The maximum atomic E-state index is 11.0. The van der Waals surface area contributed by atoms with Gasteiger partial charge in [0.15, 0.2) is 0 Å². The van der Waals surface area contributed by atoms with Gasteiger partial charge in [0.1, 0.15) is 0 Å². The number of ether oxygens (including phenoxy) is 1. The highest BCUT2D eigenvalue weighted by Crippen LogP contribution is 1.85. The van der Waals surface area contributed by atoms with Crippen LogP contribution in [0.25, 0.3) is 0 Å². The first kappa shape index (κ1) is 4.47. The monoisotopic (exact) mass is 76.0 g/mol. The Morgan fingerprint density at radius 2 is 2.20 bits per heavy atom. The Balaban J connectivity index is 2.85. The molecule has 0 saturated carbocycles. The lowest BCUT2D eigenvalue weighted by atomic mass is 11.1. The fourth-order valence-corrected chi connectivity index (χ4v) is 0. The molecule has 5 heavy (non-hydrogen) atoms. The highest BCUT2D eigenvalue weighted by Gasteiger charge is 1.72. The number of rotatable bonds is 1. The van der Waals surface area contributed by atoms with Crippen LogP contribution in [0.2, 0.25) is 0 Å². The molecular weight excluding hydrogens is 71.0 g/mol. The van der Waals surface area contributed by atoms with E-state index in [1.165, 1.54) is 7.11 Å². The van der Waals surface area contributed by atoms with Crippen molar-refractivity contribution in [2.45, 2.75) is 0 Å². The van der Waals surface area contributed by atoms with Gasteiger partial charge >= 0.3 is 0 Å². The second-order valence-corrected chi connectivity index (χ2v) is 0.559. The lowest BCUT2D eigenvalue weighted by molar-refractivity contribution is 0.206. The topological polar surface area (TPSA) is 9.23 Å². The summed E-state index contributed by atoms with van der Waals surface area (Å²) in [5.74, 6) is 0. The van der Waals surface area contributed by atoms with E-state index in [1.807, 2.05) is 0 Å². The van der Waals surface area contributed by atoms with Gasteiger partial charge < -0.3 is 4.74 Å². The summed E-state index contributed by atoms with van der Waals surface area (Å²) < 4.78 is 14.9. The maximum Gasteiger partial charge on any atom is 0.265 e. The van der Waals surface area contributed by atoms with Crippen molar-refractivity contribution in [1.29, 1.82) is 0 Å². The van der Waals surface area contributed by atoms with Gasteiger partial charge in [0.2, 0.25) is 0 Å². The van der Waals surface area contributed by atoms with Crippen LogP contribution in [-0.4, -0.2) is 7.11 Å². The van der Waals surface area contributed by atoms with Gasteiger partial charge in [0, 0.05) is 0 Å². The van der Waals surface area contributed by atoms with Gasteiger partial charge in [-0.05, 0) is 6.58 Å². The van der Waals surface area contributed by atoms with Gasteiger partial charge in [-0.2, -0.15) is 4.39 Å². The van der Waals surface area contributed by atoms with E-state index in [-0.39, 0.29) is 0 Å². The van der Waals surface area contributed by atoms with Crippen LogP contribution < -0.4 is 0 Å². The lowest BCUT2D eigenvalue weighted by Crippen LogP contribution is -1.67. The molecule has 0 bridgehead atoms. The molecule has 0 heterocycles. The molecular formula is C3H5FO. The minimum absolute atomic E-state index is 0.745. The summed E-state index contributed by atoms with van der Waals surface area (Å²) in [6, 6.07) is -0.745. The summed E-state index contributed by atoms with van der Waals surface area (Å²) in [7, 11) is 1.22. The van der Waals surface area contributed by atoms with Crippen molar-refractivity contribution in [2.24, 2.45) is 0 Å². The highest BCUT2D eigenvalue weighted by atomic mass is 19.1. The molecule has 0 aromatic heterocycles. The largest absolute Gasteiger partial charge is 0.475 e. The molecule has 0 radical (unpaired) electrons. The number of hydrogen-bond donors (Lipinski definition) is 0. The average Bonchev–Trinajstić information content (AvgIpc) is 1.38. The quantitative estimate of drug-likeness (QED) is 0.424. The molecule has 0 N–H and O–H groups in total. The second kappa shape index (κ2) is 1.76. The molecule has 30 valence electrons. The van der Waals surface area contributed by atoms with E-state index < -0.39 is 6.01 Å². The van der Waals surface area contributed by atoms with E-state index in [0.29, 0.717) is 0 Å². The maximum absolute atomic E-state index is 11.0. The molecule has 0 aliphatic carbocycles. The van der Waals surface area contributed by atoms with Crippen LogP contribution in [-0.2, 0) is 4.74 Å². The van der Waals surface area contributed by atoms with Crippen molar-refractivity contribution >= 4 is 0 Å². The number of hydrogen-bond acceptors (Lipinski definition) is 1. The van der Waals surface area contributed by atoms with Crippen LogP contribution in [0, 0.1) is 0 Å². The van der Waals surface area contributed by atoms with E-state index >= 15 is 0 Å². The van der Waals surface area contributed by atoms with E-state index in [0.717, 1.165) is 0 Å². The van der Waals surface area contributed by atoms with E-state index in [1.54, 1.807) is 0 Å². The Hall–Kier alpha value is -0.530. The molecule has 0 unspecified atom stereocenters. The predicted octanol–water partition coefficient (Wildman–Crippen LogP) is 1.07. The second-order valence-electron chi connectivity index (χ2n) is 0.559. The Morgan fingerprint density at radius 3 is 2.20 bits per heavy atom. The van der Waals surface area contributed by atoms with Gasteiger partial charge in [-0.25, -0.2) is 0 Å². The Labute approximate surface area is 30.1 Å². The first-order valence-electron chi connectivity index (χ1n) is 1.15. The first-order valence-corrected chi connectivity index (χ1v) is 1.15. The molecule has 2 heteroatoms.